The van der Waals surface area contributed by atoms with E-state index in [1.165, 1.54) is 7.11 Å². The van der Waals surface area contributed by atoms with Gasteiger partial charge < -0.3 is 9.64 Å². The van der Waals surface area contributed by atoms with E-state index in [9.17, 15) is 13.6 Å². The van der Waals surface area contributed by atoms with Crippen LogP contribution in [0.5, 0.6) is 0 Å². The summed E-state index contributed by atoms with van der Waals surface area (Å²) >= 11 is 0. The Kier molecular flexibility index (Phi) is 2.56. The lowest BCUT2D eigenvalue weighted by molar-refractivity contribution is -0.170. The first-order valence-electron chi connectivity index (χ1n) is 4.49. The largest absolute Gasteiger partial charge is 0.359 e. The predicted molar refractivity (Wildman–Crippen MR) is 47.0 cm³/mol. The molecule has 1 atom stereocenters. The molecule has 1 heterocycles. The molecule has 0 aromatic rings. The highest BCUT2D eigenvalue weighted by Gasteiger charge is 2.55. The Labute approximate surface area is 82.0 Å². The van der Waals surface area contributed by atoms with Crippen molar-refractivity contribution in [2.45, 2.75) is 44.9 Å². The minimum Gasteiger partial charge on any atom is -0.359 e. The standard InChI is InChI=1S/C9H15F2NO2/c1-6-5-9(10,11)7(13)12(6)8(2,3)14-4/h6H,5H2,1-4H3. The summed E-state index contributed by atoms with van der Waals surface area (Å²) in [6, 6.07) is -0.493. The number of amides is 1. The molecule has 82 valence electrons. The zero-order chi connectivity index (χ0) is 11.1. The van der Waals surface area contributed by atoms with E-state index in [2.05, 4.69) is 0 Å². The Morgan fingerprint density at radius 3 is 2.36 bits per heavy atom. The molecule has 1 fully saturated rings. The van der Waals surface area contributed by atoms with E-state index in [-0.39, 0.29) is 0 Å². The van der Waals surface area contributed by atoms with Crippen LogP contribution >= 0.6 is 0 Å². The average Bonchev–Trinajstić information content (AvgIpc) is 2.22. The monoisotopic (exact) mass is 207 g/mol. The van der Waals surface area contributed by atoms with Gasteiger partial charge in [0.15, 0.2) is 0 Å². The minimum absolute atomic E-state index is 0.432. The molecule has 0 saturated carbocycles. The van der Waals surface area contributed by atoms with E-state index < -0.39 is 30.0 Å². The van der Waals surface area contributed by atoms with Crippen molar-refractivity contribution in [3.8, 4) is 0 Å². The molecule has 5 heteroatoms. The number of likely N-dealkylation sites (tertiary alicyclic amines) is 1. The summed E-state index contributed by atoms with van der Waals surface area (Å²) in [4.78, 5) is 12.4. The molecule has 0 N–H and O–H groups in total. The van der Waals surface area contributed by atoms with Gasteiger partial charge in [-0.2, -0.15) is 8.78 Å². The highest BCUT2D eigenvalue weighted by molar-refractivity contribution is 5.86. The van der Waals surface area contributed by atoms with Crippen LogP contribution in [0.25, 0.3) is 0 Å². The molecular weight excluding hydrogens is 192 g/mol. The van der Waals surface area contributed by atoms with Crippen molar-refractivity contribution in [3.05, 3.63) is 0 Å². The van der Waals surface area contributed by atoms with Gasteiger partial charge in [0.2, 0.25) is 0 Å². The third kappa shape index (κ3) is 1.61. The third-order valence-corrected chi connectivity index (χ3v) is 2.60. The average molecular weight is 207 g/mol. The number of halogens is 2. The van der Waals surface area contributed by atoms with E-state index in [0.29, 0.717) is 0 Å². The Balaban J connectivity index is 2.97. The highest BCUT2D eigenvalue weighted by Crippen LogP contribution is 2.37. The van der Waals surface area contributed by atoms with Gasteiger partial charge in [-0.1, -0.05) is 0 Å². The van der Waals surface area contributed by atoms with Crippen LogP contribution < -0.4 is 0 Å². The summed E-state index contributed by atoms with van der Waals surface area (Å²) in [7, 11) is 1.40. The predicted octanol–water partition coefficient (Wildman–Crippen LogP) is 1.62. The van der Waals surface area contributed by atoms with Gasteiger partial charge in [-0.05, 0) is 20.8 Å². The number of nitrogens with zero attached hydrogens (tertiary/aromatic N) is 1. The molecule has 0 spiro atoms. The fourth-order valence-electron chi connectivity index (χ4n) is 1.80. The Morgan fingerprint density at radius 1 is 1.57 bits per heavy atom. The number of ether oxygens (including phenoxy) is 1. The molecule has 0 bridgehead atoms. The van der Waals surface area contributed by atoms with Gasteiger partial charge in [0.05, 0.1) is 0 Å². The molecule has 0 aliphatic carbocycles. The van der Waals surface area contributed by atoms with E-state index in [1.54, 1.807) is 20.8 Å². The zero-order valence-corrected chi connectivity index (χ0v) is 8.80. The lowest BCUT2D eigenvalue weighted by atomic mass is 10.2. The lowest BCUT2D eigenvalue weighted by Gasteiger charge is -2.36. The summed E-state index contributed by atoms with van der Waals surface area (Å²) in [5.74, 6) is -4.38. The molecule has 14 heavy (non-hydrogen) atoms. The first kappa shape index (κ1) is 11.4. The van der Waals surface area contributed by atoms with E-state index >= 15 is 0 Å². The van der Waals surface area contributed by atoms with Gasteiger partial charge in [0, 0.05) is 19.6 Å². The van der Waals surface area contributed by atoms with Crippen LogP contribution in [0, 0.1) is 0 Å². The normalized spacial score (nSPS) is 27.1. The maximum atomic E-state index is 13.1. The maximum absolute atomic E-state index is 13.1. The Hall–Kier alpha value is -0.710. The summed E-state index contributed by atoms with van der Waals surface area (Å²) < 4.78 is 31.1. The first-order chi connectivity index (χ1) is 6.22. The second kappa shape index (κ2) is 3.15. The molecule has 0 radical (unpaired) electrons. The fraction of sp³-hybridized carbons (Fsp3) is 0.889. The van der Waals surface area contributed by atoms with Gasteiger partial charge in [0.25, 0.3) is 5.91 Å². The van der Waals surface area contributed by atoms with Crippen LogP contribution in [0.1, 0.15) is 27.2 Å². The highest BCUT2D eigenvalue weighted by atomic mass is 19.3. The summed E-state index contributed by atoms with van der Waals surface area (Å²) in [6.07, 6.45) is -0.432. The van der Waals surface area contributed by atoms with Crippen LogP contribution in [0.2, 0.25) is 0 Å². The number of carbonyl (C=O) groups is 1. The quantitative estimate of drug-likeness (QED) is 0.688. The van der Waals surface area contributed by atoms with E-state index in [1.807, 2.05) is 0 Å². The number of alkyl halides is 2. The topological polar surface area (TPSA) is 29.5 Å². The number of hydrogen-bond acceptors (Lipinski definition) is 2. The van der Waals surface area contributed by atoms with Crippen molar-refractivity contribution >= 4 is 5.91 Å². The summed E-state index contributed by atoms with van der Waals surface area (Å²) in [5.41, 5.74) is -0.976. The van der Waals surface area contributed by atoms with Gasteiger partial charge in [-0.25, -0.2) is 0 Å². The van der Waals surface area contributed by atoms with Crippen LogP contribution in [-0.2, 0) is 9.53 Å². The van der Waals surface area contributed by atoms with Crippen molar-refractivity contribution in [1.29, 1.82) is 0 Å². The fourth-order valence-corrected chi connectivity index (χ4v) is 1.80. The summed E-state index contributed by atoms with van der Waals surface area (Å²) in [5, 5.41) is 0. The van der Waals surface area contributed by atoms with Gasteiger partial charge in [0.1, 0.15) is 5.72 Å². The molecule has 1 aliphatic rings. The van der Waals surface area contributed by atoms with Crippen molar-refractivity contribution in [2.24, 2.45) is 0 Å². The van der Waals surface area contributed by atoms with E-state index in [4.69, 9.17) is 4.74 Å². The Morgan fingerprint density at radius 2 is 2.07 bits per heavy atom. The maximum Gasteiger partial charge on any atom is 0.326 e. The molecule has 1 rings (SSSR count). The van der Waals surface area contributed by atoms with Crippen LogP contribution in [-0.4, -0.2) is 35.6 Å². The van der Waals surface area contributed by atoms with Crippen LogP contribution in [0.3, 0.4) is 0 Å². The number of carbonyl (C=O) groups excluding carboxylic acids is 1. The second-order valence-electron chi connectivity index (χ2n) is 4.08. The molecule has 0 aromatic heterocycles. The number of rotatable bonds is 2. The summed E-state index contributed by atoms with van der Waals surface area (Å²) in [6.45, 7) is 4.80. The van der Waals surface area contributed by atoms with E-state index in [0.717, 1.165) is 4.90 Å². The van der Waals surface area contributed by atoms with Crippen LogP contribution in [0.15, 0.2) is 0 Å². The number of hydrogen-bond donors (Lipinski definition) is 0. The Bertz CT molecular complexity index is 253. The lowest BCUT2D eigenvalue weighted by Crippen LogP contribution is -2.51. The minimum atomic E-state index is -3.24. The smallest absolute Gasteiger partial charge is 0.326 e. The van der Waals surface area contributed by atoms with Gasteiger partial charge in [-0.3, -0.25) is 4.79 Å². The molecular formula is C9H15F2NO2. The molecule has 1 saturated heterocycles. The molecule has 0 aromatic carbocycles. The first-order valence-corrected chi connectivity index (χ1v) is 4.49. The van der Waals surface area contributed by atoms with Gasteiger partial charge >= 0.3 is 5.92 Å². The van der Waals surface area contributed by atoms with Crippen molar-refractivity contribution in [1.82, 2.24) is 4.90 Å². The van der Waals surface area contributed by atoms with Crippen molar-refractivity contribution in [2.75, 3.05) is 7.11 Å². The molecule has 1 aliphatic heterocycles. The molecule has 1 amide bonds. The van der Waals surface area contributed by atoms with Gasteiger partial charge in [-0.15, -0.1) is 0 Å². The van der Waals surface area contributed by atoms with Crippen molar-refractivity contribution in [3.63, 3.8) is 0 Å². The van der Waals surface area contributed by atoms with Crippen molar-refractivity contribution < 1.29 is 18.3 Å². The SMILES string of the molecule is COC(C)(C)N1C(=O)C(F)(F)CC1C. The molecule has 3 nitrogen and oxygen atoms in total. The van der Waals surface area contributed by atoms with Crippen LogP contribution in [0.4, 0.5) is 8.78 Å². The third-order valence-electron chi connectivity index (χ3n) is 2.60. The molecule has 1 unspecified atom stereocenters. The number of methoxy groups -OCH3 is 1. The zero-order valence-electron chi connectivity index (χ0n) is 8.80. The second-order valence-corrected chi connectivity index (χ2v) is 4.08.